The Labute approximate surface area is 146 Å². The highest BCUT2D eigenvalue weighted by atomic mass is 19.1. The lowest BCUT2D eigenvalue weighted by atomic mass is 10.0. The number of aliphatic hydroxyl groups excluding tert-OH is 1. The van der Waals surface area contributed by atoms with E-state index in [1.165, 1.54) is 24.3 Å². The first-order valence-corrected chi connectivity index (χ1v) is 8.23. The van der Waals surface area contributed by atoms with E-state index in [1.807, 2.05) is 0 Å². The van der Waals surface area contributed by atoms with Gasteiger partial charge in [-0.1, -0.05) is 12.1 Å². The Hall–Kier alpha value is -2.60. The fourth-order valence-corrected chi connectivity index (χ4v) is 3.12. The number of nitrogens with zero attached hydrogens (tertiary/aromatic N) is 1. The molecule has 0 radical (unpaired) electrons. The van der Waals surface area contributed by atoms with Crippen molar-refractivity contribution in [3.63, 3.8) is 0 Å². The zero-order chi connectivity index (χ0) is 17.8. The summed E-state index contributed by atoms with van der Waals surface area (Å²) in [6, 6.07) is 12.2. The molecule has 2 N–H and O–H groups in total. The average molecular weight is 344 g/mol. The van der Waals surface area contributed by atoms with Gasteiger partial charge < -0.3 is 20.1 Å². The summed E-state index contributed by atoms with van der Waals surface area (Å²) in [6.45, 7) is 0.574. The minimum absolute atomic E-state index is 0.290. The van der Waals surface area contributed by atoms with E-state index in [0.29, 0.717) is 18.0 Å². The van der Waals surface area contributed by atoms with Gasteiger partial charge in [0.25, 0.3) is 0 Å². The van der Waals surface area contributed by atoms with Crippen molar-refractivity contribution in [2.24, 2.45) is 0 Å². The fraction of sp³-hybridized carbons (Fsp3) is 0.316. The lowest BCUT2D eigenvalue weighted by Gasteiger charge is -2.29. The molecule has 0 bridgehead atoms. The van der Waals surface area contributed by atoms with Gasteiger partial charge in [0, 0.05) is 12.2 Å². The molecule has 25 heavy (non-hydrogen) atoms. The average Bonchev–Trinajstić information content (AvgIpc) is 3.13. The molecular formula is C19H21FN2O3. The molecule has 2 atom stereocenters. The van der Waals surface area contributed by atoms with Crippen LogP contribution in [0.15, 0.2) is 48.5 Å². The first-order chi connectivity index (χ1) is 12.1. The summed E-state index contributed by atoms with van der Waals surface area (Å²) >= 11 is 0. The minimum Gasteiger partial charge on any atom is -0.497 e. The summed E-state index contributed by atoms with van der Waals surface area (Å²) in [5.41, 5.74) is 1.27. The summed E-state index contributed by atoms with van der Waals surface area (Å²) in [7, 11) is 1.59. The minimum atomic E-state index is -0.771. The maximum absolute atomic E-state index is 13.0. The van der Waals surface area contributed by atoms with Crippen LogP contribution in [0.25, 0.3) is 0 Å². The first kappa shape index (κ1) is 17.2. The molecule has 1 aliphatic heterocycles. The number of amides is 2. The van der Waals surface area contributed by atoms with Crippen LogP contribution in [-0.2, 0) is 0 Å². The van der Waals surface area contributed by atoms with Crippen molar-refractivity contribution in [1.29, 1.82) is 0 Å². The van der Waals surface area contributed by atoms with Crippen LogP contribution in [0.2, 0.25) is 0 Å². The molecule has 1 fully saturated rings. The number of likely N-dealkylation sites (tertiary alicyclic amines) is 1. The SMILES string of the molecule is COc1ccc([C@@H](O)[C@@H]2CCCN2C(=O)Nc2ccc(F)cc2)cc1. The van der Waals surface area contributed by atoms with Crippen molar-refractivity contribution < 1.29 is 19.0 Å². The van der Waals surface area contributed by atoms with Crippen LogP contribution in [0.1, 0.15) is 24.5 Å². The molecule has 3 rings (SSSR count). The lowest BCUT2D eigenvalue weighted by molar-refractivity contribution is 0.0891. The van der Waals surface area contributed by atoms with Gasteiger partial charge in [0.1, 0.15) is 11.6 Å². The van der Waals surface area contributed by atoms with Crippen molar-refractivity contribution in [2.75, 3.05) is 19.0 Å². The molecule has 1 heterocycles. The third kappa shape index (κ3) is 3.91. The number of halogens is 1. The lowest BCUT2D eigenvalue weighted by Crippen LogP contribution is -2.41. The highest BCUT2D eigenvalue weighted by Crippen LogP contribution is 2.30. The number of anilines is 1. The normalized spacial score (nSPS) is 18.0. The first-order valence-electron chi connectivity index (χ1n) is 8.23. The molecule has 0 saturated carbocycles. The van der Waals surface area contributed by atoms with E-state index >= 15 is 0 Å². The van der Waals surface area contributed by atoms with E-state index in [2.05, 4.69) is 5.32 Å². The molecule has 0 unspecified atom stereocenters. The Balaban J connectivity index is 1.70. The standard InChI is InChI=1S/C19H21FN2O3/c1-25-16-10-4-13(5-11-16)18(23)17-3-2-12-22(17)19(24)21-15-8-6-14(20)7-9-15/h4-11,17-18,23H,2-3,12H2,1H3,(H,21,24)/t17-,18+/m0/s1. The van der Waals surface area contributed by atoms with E-state index in [9.17, 15) is 14.3 Å². The highest BCUT2D eigenvalue weighted by Gasteiger charge is 2.34. The molecule has 2 aromatic carbocycles. The predicted octanol–water partition coefficient (Wildman–Crippen LogP) is 3.56. The number of methoxy groups -OCH3 is 1. The van der Waals surface area contributed by atoms with Gasteiger partial charge in [0.2, 0.25) is 0 Å². The number of hydrogen-bond acceptors (Lipinski definition) is 3. The van der Waals surface area contributed by atoms with Gasteiger partial charge in [-0.2, -0.15) is 0 Å². The summed E-state index contributed by atoms with van der Waals surface area (Å²) in [6.07, 6.45) is 0.783. The second-order valence-corrected chi connectivity index (χ2v) is 6.06. The van der Waals surface area contributed by atoms with Crippen molar-refractivity contribution in [2.45, 2.75) is 25.0 Å². The molecule has 132 valence electrons. The second kappa shape index (κ2) is 7.53. The van der Waals surface area contributed by atoms with Crippen molar-refractivity contribution in [3.8, 4) is 5.75 Å². The van der Waals surface area contributed by atoms with Crippen molar-refractivity contribution in [1.82, 2.24) is 4.90 Å². The molecule has 0 aliphatic carbocycles. The molecule has 2 aromatic rings. The fourth-order valence-electron chi connectivity index (χ4n) is 3.12. The van der Waals surface area contributed by atoms with Gasteiger partial charge in [-0.3, -0.25) is 0 Å². The quantitative estimate of drug-likeness (QED) is 0.891. The van der Waals surface area contributed by atoms with Crippen LogP contribution >= 0.6 is 0 Å². The zero-order valence-corrected chi connectivity index (χ0v) is 14.0. The maximum Gasteiger partial charge on any atom is 0.322 e. The largest absolute Gasteiger partial charge is 0.497 e. The van der Waals surface area contributed by atoms with Crippen LogP contribution in [-0.4, -0.2) is 35.7 Å². The Morgan fingerprint density at radius 3 is 2.56 bits per heavy atom. The van der Waals surface area contributed by atoms with Crippen LogP contribution in [0.5, 0.6) is 5.75 Å². The molecular weight excluding hydrogens is 323 g/mol. The van der Waals surface area contributed by atoms with E-state index in [1.54, 1.807) is 36.3 Å². The number of carbonyl (C=O) groups is 1. The van der Waals surface area contributed by atoms with Crippen LogP contribution in [0.4, 0.5) is 14.9 Å². The number of urea groups is 1. The third-order valence-electron chi connectivity index (χ3n) is 4.48. The Morgan fingerprint density at radius 1 is 1.24 bits per heavy atom. The van der Waals surface area contributed by atoms with Crippen LogP contribution in [0, 0.1) is 5.82 Å². The van der Waals surface area contributed by atoms with Crippen molar-refractivity contribution >= 4 is 11.7 Å². The molecule has 1 saturated heterocycles. The topological polar surface area (TPSA) is 61.8 Å². The molecule has 0 aromatic heterocycles. The number of benzene rings is 2. The summed E-state index contributed by atoms with van der Waals surface area (Å²) in [4.78, 5) is 14.2. The van der Waals surface area contributed by atoms with Gasteiger partial charge in [-0.25, -0.2) is 9.18 Å². The number of carbonyl (C=O) groups excluding carboxylic acids is 1. The summed E-state index contributed by atoms with van der Waals surface area (Å²) in [5, 5.41) is 13.4. The summed E-state index contributed by atoms with van der Waals surface area (Å²) in [5.74, 6) is 0.361. The van der Waals surface area contributed by atoms with Gasteiger partial charge >= 0.3 is 6.03 Å². The molecule has 1 aliphatic rings. The Bertz CT molecular complexity index is 718. The number of rotatable bonds is 4. The van der Waals surface area contributed by atoms with Gasteiger partial charge in [0.15, 0.2) is 0 Å². The van der Waals surface area contributed by atoms with Gasteiger partial charge in [-0.05, 0) is 54.8 Å². The van der Waals surface area contributed by atoms with Gasteiger partial charge in [-0.15, -0.1) is 0 Å². The van der Waals surface area contributed by atoms with Crippen LogP contribution < -0.4 is 10.1 Å². The zero-order valence-electron chi connectivity index (χ0n) is 14.0. The number of aliphatic hydroxyl groups is 1. The molecule has 2 amide bonds. The molecule has 6 heteroatoms. The van der Waals surface area contributed by atoms with Gasteiger partial charge in [0.05, 0.1) is 19.3 Å². The van der Waals surface area contributed by atoms with E-state index in [4.69, 9.17) is 4.74 Å². The van der Waals surface area contributed by atoms with E-state index in [0.717, 1.165) is 18.4 Å². The molecule has 0 spiro atoms. The Kier molecular flexibility index (Phi) is 5.19. The predicted molar refractivity (Wildman–Crippen MR) is 93.1 cm³/mol. The highest BCUT2D eigenvalue weighted by molar-refractivity contribution is 5.89. The van der Waals surface area contributed by atoms with Crippen LogP contribution in [0.3, 0.4) is 0 Å². The van der Waals surface area contributed by atoms with E-state index < -0.39 is 6.10 Å². The monoisotopic (exact) mass is 344 g/mol. The molecule has 5 nitrogen and oxygen atoms in total. The smallest absolute Gasteiger partial charge is 0.322 e. The second-order valence-electron chi connectivity index (χ2n) is 6.06. The maximum atomic E-state index is 13.0. The number of hydrogen-bond donors (Lipinski definition) is 2. The Morgan fingerprint density at radius 2 is 1.92 bits per heavy atom. The third-order valence-corrected chi connectivity index (χ3v) is 4.48. The van der Waals surface area contributed by atoms with Crippen molar-refractivity contribution in [3.05, 3.63) is 59.9 Å². The number of ether oxygens (including phenoxy) is 1. The summed E-state index contributed by atoms with van der Waals surface area (Å²) < 4.78 is 18.1. The van der Waals surface area contributed by atoms with E-state index in [-0.39, 0.29) is 17.9 Å². The number of nitrogens with one attached hydrogen (secondary N) is 1.